The summed E-state index contributed by atoms with van der Waals surface area (Å²) in [5.41, 5.74) is -1.66. The molecule has 1 aliphatic carbocycles. The Morgan fingerprint density at radius 2 is 2.11 bits per heavy atom. The number of carboxylic acid groups (broad SMARTS) is 1. The topological polar surface area (TPSA) is 93.2 Å². The summed E-state index contributed by atoms with van der Waals surface area (Å²) in [6.45, 7) is 4.09. The molecule has 7 heteroatoms. The molecule has 2 rings (SSSR count). The molecule has 1 saturated heterocycles. The molecule has 0 aromatic carbocycles. The molecule has 2 aliphatic rings. The molecule has 0 aromatic rings. The van der Waals surface area contributed by atoms with Crippen molar-refractivity contribution in [1.29, 1.82) is 0 Å². The van der Waals surface area contributed by atoms with E-state index in [9.17, 15) is 18.3 Å². The summed E-state index contributed by atoms with van der Waals surface area (Å²) in [5, 5.41) is 9.40. The normalized spacial score (nSPS) is 38.0. The lowest BCUT2D eigenvalue weighted by Gasteiger charge is -2.34. The Hall–Kier alpha value is -0.660. The Morgan fingerprint density at radius 3 is 2.58 bits per heavy atom. The number of fused-ring (bicyclic) bond motifs is 1. The zero-order valence-corrected chi connectivity index (χ0v) is 12.1. The number of carboxylic acids is 1. The van der Waals surface area contributed by atoms with Crippen LogP contribution in [0.2, 0.25) is 0 Å². The van der Waals surface area contributed by atoms with Crippen molar-refractivity contribution in [2.24, 2.45) is 11.8 Å². The van der Waals surface area contributed by atoms with Crippen LogP contribution in [0.15, 0.2) is 0 Å². The van der Waals surface area contributed by atoms with E-state index in [0.29, 0.717) is 5.92 Å². The lowest BCUT2D eigenvalue weighted by Crippen LogP contribution is -2.49. The maximum absolute atomic E-state index is 11.5. The van der Waals surface area contributed by atoms with Crippen molar-refractivity contribution in [3.63, 3.8) is 0 Å². The van der Waals surface area contributed by atoms with Gasteiger partial charge >= 0.3 is 5.97 Å². The Kier molecular flexibility index (Phi) is 3.66. The molecule has 0 amide bonds. The molecule has 110 valence electrons. The lowest BCUT2D eigenvalue weighted by molar-refractivity contribution is -0.158. The van der Waals surface area contributed by atoms with Gasteiger partial charge in [0.25, 0.3) is 10.1 Å². The summed E-state index contributed by atoms with van der Waals surface area (Å²) in [6, 6.07) is 0. The number of aliphatic carboxylic acids is 1. The number of ether oxygens (including phenoxy) is 1. The predicted octanol–water partition coefficient (Wildman–Crippen LogP) is 1.01. The van der Waals surface area contributed by atoms with E-state index in [1.165, 1.54) is 0 Å². The Labute approximate surface area is 113 Å². The largest absolute Gasteiger partial charge is 0.479 e. The first-order valence-electron chi connectivity index (χ1n) is 6.42. The van der Waals surface area contributed by atoms with Gasteiger partial charge < -0.3 is 9.84 Å². The number of epoxide rings is 1. The minimum atomic E-state index is -3.82. The summed E-state index contributed by atoms with van der Waals surface area (Å²) in [7, 11) is -3.82. The van der Waals surface area contributed by atoms with Gasteiger partial charge in [0.15, 0.2) is 5.60 Å². The van der Waals surface area contributed by atoms with Crippen molar-refractivity contribution in [3.05, 3.63) is 0 Å². The molecule has 0 spiro atoms. The molecule has 1 N–H and O–H groups in total. The standard InChI is InChI=1S/C12H20O6S/c1-7(2)4-8-5-12(11(13)14,18-19(3,15)16)6-9-10(8)17-9/h7-10H,4-6H2,1-3H3,(H,13,14)/t8-,9+,10-,12-/m0/s1. The molecule has 0 bridgehead atoms. The van der Waals surface area contributed by atoms with Crippen molar-refractivity contribution in [3.8, 4) is 0 Å². The minimum Gasteiger partial charge on any atom is -0.479 e. The molecule has 19 heavy (non-hydrogen) atoms. The first kappa shape index (κ1) is 14.7. The zero-order valence-electron chi connectivity index (χ0n) is 11.3. The van der Waals surface area contributed by atoms with E-state index in [2.05, 4.69) is 0 Å². The third-order valence-electron chi connectivity index (χ3n) is 3.68. The molecule has 2 fully saturated rings. The van der Waals surface area contributed by atoms with Gasteiger partial charge in [0.1, 0.15) is 0 Å². The maximum Gasteiger partial charge on any atom is 0.337 e. The van der Waals surface area contributed by atoms with Gasteiger partial charge in [-0.2, -0.15) is 8.42 Å². The highest BCUT2D eigenvalue weighted by atomic mass is 32.2. The molecule has 4 atom stereocenters. The van der Waals surface area contributed by atoms with Gasteiger partial charge in [0.05, 0.1) is 18.5 Å². The molecule has 1 saturated carbocycles. The van der Waals surface area contributed by atoms with E-state index in [1.807, 2.05) is 13.8 Å². The van der Waals surface area contributed by atoms with Gasteiger partial charge in [-0.15, -0.1) is 0 Å². The van der Waals surface area contributed by atoms with Crippen LogP contribution in [-0.4, -0.2) is 43.6 Å². The first-order chi connectivity index (χ1) is 8.63. The summed E-state index contributed by atoms with van der Waals surface area (Å²) in [4.78, 5) is 11.5. The van der Waals surface area contributed by atoms with Crippen LogP contribution < -0.4 is 0 Å². The first-order valence-corrected chi connectivity index (χ1v) is 8.24. The minimum absolute atomic E-state index is 0.0385. The second-order valence-corrected chi connectivity index (χ2v) is 7.60. The molecule has 0 aromatic heterocycles. The molecule has 6 nitrogen and oxygen atoms in total. The average molecular weight is 292 g/mol. The van der Waals surface area contributed by atoms with Crippen LogP contribution in [-0.2, 0) is 23.8 Å². The highest BCUT2D eigenvalue weighted by molar-refractivity contribution is 7.86. The summed E-state index contributed by atoms with van der Waals surface area (Å²) in [5.74, 6) is -0.782. The summed E-state index contributed by atoms with van der Waals surface area (Å²) < 4.78 is 33.1. The quantitative estimate of drug-likeness (QED) is 0.600. The fraction of sp³-hybridized carbons (Fsp3) is 0.917. The van der Waals surface area contributed by atoms with E-state index in [4.69, 9.17) is 8.92 Å². The van der Waals surface area contributed by atoms with Crippen LogP contribution in [0, 0.1) is 11.8 Å². The zero-order chi connectivity index (χ0) is 14.4. The molecular weight excluding hydrogens is 272 g/mol. The highest BCUT2D eigenvalue weighted by Gasteiger charge is 2.60. The fourth-order valence-corrected chi connectivity index (χ4v) is 3.86. The number of hydrogen-bond acceptors (Lipinski definition) is 5. The van der Waals surface area contributed by atoms with Crippen molar-refractivity contribution >= 4 is 16.1 Å². The van der Waals surface area contributed by atoms with Gasteiger partial charge in [0.2, 0.25) is 0 Å². The van der Waals surface area contributed by atoms with E-state index < -0.39 is 21.7 Å². The Balaban J connectivity index is 2.22. The van der Waals surface area contributed by atoms with Crippen LogP contribution >= 0.6 is 0 Å². The number of rotatable bonds is 5. The van der Waals surface area contributed by atoms with E-state index in [1.54, 1.807) is 0 Å². The summed E-state index contributed by atoms with van der Waals surface area (Å²) in [6.07, 6.45) is 1.87. The van der Waals surface area contributed by atoms with Gasteiger partial charge in [-0.3, -0.25) is 4.18 Å². The Morgan fingerprint density at radius 1 is 1.47 bits per heavy atom. The van der Waals surface area contributed by atoms with Gasteiger partial charge in [-0.1, -0.05) is 13.8 Å². The molecule has 0 radical (unpaired) electrons. The van der Waals surface area contributed by atoms with Crippen LogP contribution in [0.1, 0.15) is 33.1 Å². The molecule has 1 aliphatic heterocycles. The van der Waals surface area contributed by atoms with E-state index in [-0.39, 0.29) is 31.0 Å². The molecule has 0 unspecified atom stereocenters. The van der Waals surface area contributed by atoms with Crippen molar-refractivity contribution in [1.82, 2.24) is 0 Å². The highest BCUT2D eigenvalue weighted by Crippen LogP contribution is 2.49. The molecule has 1 heterocycles. The summed E-state index contributed by atoms with van der Waals surface area (Å²) >= 11 is 0. The maximum atomic E-state index is 11.5. The third kappa shape index (κ3) is 3.27. The van der Waals surface area contributed by atoms with Crippen LogP contribution in [0.3, 0.4) is 0 Å². The van der Waals surface area contributed by atoms with Gasteiger partial charge in [-0.05, 0) is 24.7 Å². The average Bonchev–Trinajstić information content (AvgIpc) is 2.92. The third-order valence-corrected chi connectivity index (χ3v) is 4.31. The fourth-order valence-electron chi connectivity index (χ4n) is 3.07. The van der Waals surface area contributed by atoms with Crippen molar-refractivity contribution < 1.29 is 27.2 Å². The van der Waals surface area contributed by atoms with E-state index in [0.717, 1.165) is 12.7 Å². The molecular formula is C12H20O6S. The van der Waals surface area contributed by atoms with E-state index >= 15 is 0 Å². The van der Waals surface area contributed by atoms with Crippen LogP contribution in [0.4, 0.5) is 0 Å². The lowest BCUT2D eigenvalue weighted by atomic mass is 9.75. The predicted molar refractivity (Wildman–Crippen MR) is 67.1 cm³/mol. The second-order valence-electron chi connectivity index (χ2n) is 6.02. The Bertz CT molecular complexity index is 471. The van der Waals surface area contributed by atoms with Crippen LogP contribution in [0.25, 0.3) is 0 Å². The van der Waals surface area contributed by atoms with Gasteiger partial charge in [0, 0.05) is 6.42 Å². The second kappa shape index (κ2) is 4.71. The van der Waals surface area contributed by atoms with Crippen LogP contribution in [0.5, 0.6) is 0 Å². The number of hydrogen-bond donors (Lipinski definition) is 1. The smallest absolute Gasteiger partial charge is 0.337 e. The van der Waals surface area contributed by atoms with Gasteiger partial charge in [-0.25, -0.2) is 4.79 Å². The van der Waals surface area contributed by atoms with Crippen molar-refractivity contribution in [2.45, 2.75) is 50.9 Å². The monoisotopic (exact) mass is 292 g/mol. The number of carbonyl (C=O) groups is 1. The SMILES string of the molecule is CC(C)C[C@H]1C[C@@](OS(C)(=O)=O)(C(=O)O)C[C@H]2O[C@@H]12. The van der Waals surface area contributed by atoms with Crippen molar-refractivity contribution in [2.75, 3.05) is 6.26 Å².